The van der Waals surface area contributed by atoms with Crippen molar-refractivity contribution < 1.29 is 19.0 Å². The van der Waals surface area contributed by atoms with Crippen LogP contribution in [0.5, 0.6) is 17.2 Å². The van der Waals surface area contributed by atoms with Gasteiger partial charge in [-0.15, -0.1) is 10.2 Å². The van der Waals surface area contributed by atoms with E-state index in [0.29, 0.717) is 30.5 Å². The van der Waals surface area contributed by atoms with Crippen LogP contribution in [0.2, 0.25) is 0 Å². The maximum absolute atomic E-state index is 13.6. The van der Waals surface area contributed by atoms with Gasteiger partial charge in [-0.2, -0.15) is 10.3 Å². The Kier molecular flexibility index (Phi) is 9.10. The Morgan fingerprint density at radius 1 is 0.860 bits per heavy atom. The van der Waals surface area contributed by atoms with Gasteiger partial charge in [0, 0.05) is 17.0 Å². The van der Waals surface area contributed by atoms with Crippen molar-refractivity contribution >= 4 is 11.6 Å². The Labute approximate surface area is 251 Å². The Morgan fingerprint density at radius 3 is 2.30 bits per heavy atom. The zero-order valence-electron chi connectivity index (χ0n) is 24.5. The van der Waals surface area contributed by atoms with Crippen molar-refractivity contribution in [2.75, 3.05) is 20.3 Å². The molecule has 10 nitrogen and oxygen atoms in total. The van der Waals surface area contributed by atoms with Crippen LogP contribution >= 0.6 is 0 Å². The molecule has 3 aromatic rings. The van der Waals surface area contributed by atoms with Gasteiger partial charge >= 0.3 is 0 Å². The van der Waals surface area contributed by atoms with Crippen molar-refractivity contribution in [2.24, 2.45) is 16.9 Å². The van der Waals surface area contributed by atoms with Gasteiger partial charge in [0.2, 0.25) is 5.82 Å². The van der Waals surface area contributed by atoms with Crippen molar-refractivity contribution in [2.45, 2.75) is 57.4 Å². The van der Waals surface area contributed by atoms with Gasteiger partial charge in [0.25, 0.3) is 5.91 Å². The number of H-pyrrole nitrogens is 1. The molecule has 2 aromatic carbocycles. The van der Waals surface area contributed by atoms with Crippen LogP contribution in [0.3, 0.4) is 0 Å². The van der Waals surface area contributed by atoms with Crippen molar-refractivity contribution in [1.82, 2.24) is 25.6 Å². The fraction of sp³-hybridized carbons (Fsp3) is 0.424. The molecule has 1 amide bonds. The van der Waals surface area contributed by atoms with Gasteiger partial charge in [-0.3, -0.25) is 4.79 Å². The molecule has 6 rings (SSSR count). The average Bonchev–Trinajstić information content (AvgIpc) is 3.46. The number of aromatic amines is 1. The normalized spacial score (nSPS) is 20.3. The van der Waals surface area contributed by atoms with E-state index < -0.39 is 0 Å². The lowest BCUT2D eigenvalue weighted by Crippen LogP contribution is -2.48. The predicted molar refractivity (Wildman–Crippen MR) is 163 cm³/mol. The monoisotopic (exact) mass is 582 g/mol. The minimum Gasteiger partial charge on any atom is -0.494 e. The molecular formula is C33H38N6O4. The molecule has 0 radical (unpaired) electrons. The van der Waals surface area contributed by atoms with Crippen molar-refractivity contribution in [3.05, 3.63) is 72.3 Å². The number of allylic oxidation sites excluding steroid dienone is 3. The summed E-state index contributed by atoms with van der Waals surface area (Å²) in [7, 11) is 1.65. The number of tetrazole rings is 1. The molecule has 0 bridgehead atoms. The smallest absolute Gasteiger partial charge is 0.250 e. The van der Waals surface area contributed by atoms with E-state index in [1.807, 2.05) is 60.7 Å². The summed E-state index contributed by atoms with van der Waals surface area (Å²) in [5.74, 6) is 2.46. The number of carbonyl (C=O) groups is 1. The highest BCUT2D eigenvalue weighted by Crippen LogP contribution is 2.36. The van der Waals surface area contributed by atoms with Crippen LogP contribution in [0, 0.1) is 11.8 Å². The fourth-order valence-corrected chi connectivity index (χ4v) is 6.01. The fourth-order valence-electron chi connectivity index (χ4n) is 6.01. The summed E-state index contributed by atoms with van der Waals surface area (Å²) >= 11 is 0. The molecule has 10 heteroatoms. The number of nitrogens with one attached hydrogen (secondary N) is 1. The van der Waals surface area contributed by atoms with Crippen LogP contribution in [0.1, 0.15) is 56.9 Å². The van der Waals surface area contributed by atoms with Crippen molar-refractivity contribution in [1.29, 1.82) is 0 Å². The average molecular weight is 583 g/mol. The molecule has 2 atom stereocenters. The number of rotatable bonds is 11. The minimum absolute atomic E-state index is 0.0980. The number of hydrogen-bond acceptors (Lipinski definition) is 8. The van der Waals surface area contributed by atoms with Crippen LogP contribution < -0.4 is 14.2 Å². The molecule has 0 unspecified atom stereocenters. The van der Waals surface area contributed by atoms with Crippen LogP contribution in [0.4, 0.5) is 0 Å². The van der Waals surface area contributed by atoms with E-state index in [-0.39, 0.29) is 23.8 Å². The van der Waals surface area contributed by atoms with Gasteiger partial charge < -0.3 is 14.2 Å². The first-order valence-corrected chi connectivity index (χ1v) is 15.3. The highest BCUT2D eigenvalue weighted by molar-refractivity contribution is 6.08. The van der Waals surface area contributed by atoms with E-state index in [1.54, 1.807) is 12.1 Å². The Hall–Kier alpha value is -4.47. The molecule has 1 N–H and O–H groups in total. The molecule has 3 aliphatic rings. The number of nitrogens with zero attached hydrogens (tertiary/aromatic N) is 5. The van der Waals surface area contributed by atoms with Crippen molar-refractivity contribution in [3.8, 4) is 28.6 Å². The number of aromatic nitrogens is 4. The molecular weight excluding hydrogens is 544 g/mol. The van der Waals surface area contributed by atoms with Gasteiger partial charge in [0.15, 0.2) is 11.5 Å². The largest absolute Gasteiger partial charge is 0.494 e. The molecule has 224 valence electrons. The third-order valence-electron chi connectivity index (χ3n) is 8.33. The summed E-state index contributed by atoms with van der Waals surface area (Å²) in [4.78, 5) is 13.6. The molecule has 43 heavy (non-hydrogen) atoms. The van der Waals surface area contributed by atoms with E-state index >= 15 is 0 Å². The number of unbranched alkanes of at least 4 members (excludes halogenated alkanes) is 1. The number of ether oxygens (including phenoxy) is 3. The number of carbonyl (C=O) groups excluding carboxylic acids is 1. The predicted octanol–water partition coefficient (Wildman–Crippen LogP) is 5.74. The standard InChI is InChI=1S/C33H38N6O4/c1-41-29-19-16-24(31-27-12-6-7-13-28(27)33(40)39(36-31)25-10-4-2-3-5-11-25)22-30(29)43-21-9-8-20-42-26-17-14-23(15-18-26)32-34-37-38-35-32/h6-7,12-19,22,25,27-28H,2-5,8-11,20-21H2,1H3,(H,34,35,37,38)/t27-,28+/m0/s1. The molecule has 2 aliphatic carbocycles. The van der Waals surface area contributed by atoms with E-state index in [1.165, 1.54) is 12.8 Å². The Balaban J connectivity index is 1.09. The number of methoxy groups -OCH3 is 1. The molecule has 1 saturated carbocycles. The number of hydrogen-bond donors (Lipinski definition) is 1. The summed E-state index contributed by atoms with van der Waals surface area (Å²) < 4.78 is 17.7. The number of benzene rings is 2. The van der Waals surface area contributed by atoms with Gasteiger partial charge in [0.05, 0.1) is 38.0 Å². The topological polar surface area (TPSA) is 115 Å². The second kappa shape index (κ2) is 13.7. The molecule has 0 spiro atoms. The first-order valence-electron chi connectivity index (χ1n) is 15.3. The lowest BCUT2D eigenvalue weighted by atomic mass is 9.80. The second-order valence-corrected chi connectivity index (χ2v) is 11.2. The number of fused-ring (bicyclic) bond motifs is 1. The Morgan fingerprint density at radius 2 is 1.58 bits per heavy atom. The molecule has 0 saturated heterocycles. The van der Waals surface area contributed by atoms with E-state index in [0.717, 1.165) is 61.1 Å². The van der Waals surface area contributed by atoms with E-state index in [2.05, 4.69) is 26.7 Å². The molecule has 1 fully saturated rings. The number of hydrazone groups is 1. The van der Waals surface area contributed by atoms with Gasteiger partial charge in [-0.1, -0.05) is 50.0 Å². The van der Waals surface area contributed by atoms with Gasteiger partial charge in [-0.25, -0.2) is 5.01 Å². The maximum atomic E-state index is 13.6. The lowest BCUT2D eigenvalue weighted by Gasteiger charge is -2.38. The Bertz CT molecular complexity index is 1460. The summed E-state index contributed by atoms with van der Waals surface area (Å²) in [6, 6.07) is 13.7. The zero-order chi connectivity index (χ0) is 29.4. The summed E-state index contributed by atoms with van der Waals surface area (Å²) in [5, 5.41) is 20.9. The van der Waals surface area contributed by atoms with Crippen LogP contribution in [0.25, 0.3) is 11.4 Å². The lowest BCUT2D eigenvalue weighted by molar-refractivity contribution is -0.138. The highest BCUT2D eigenvalue weighted by Gasteiger charge is 2.40. The maximum Gasteiger partial charge on any atom is 0.250 e. The summed E-state index contributed by atoms with van der Waals surface area (Å²) in [6.07, 6.45) is 16.5. The molecule has 1 aliphatic heterocycles. The third-order valence-corrected chi connectivity index (χ3v) is 8.33. The van der Waals surface area contributed by atoms with Crippen LogP contribution in [-0.2, 0) is 4.79 Å². The zero-order valence-corrected chi connectivity index (χ0v) is 24.5. The first-order chi connectivity index (χ1) is 21.2. The van der Waals surface area contributed by atoms with Gasteiger partial charge in [-0.05, 0) is 73.4 Å². The van der Waals surface area contributed by atoms with Crippen LogP contribution in [0.15, 0.2) is 71.9 Å². The van der Waals surface area contributed by atoms with E-state index in [9.17, 15) is 4.79 Å². The van der Waals surface area contributed by atoms with Gasteiger partial charge in [0.1, 0.15) is 5.75 Å². The minimum atomic E-state index is -0.234. The quantitative estimate of drug-likeness (QED) is 0.226. The SMILES string of the molecule is COc1ccc(C2=NN(C3CCCCCC3)C(=O)[C@@H]3C=CC=C[C@H]23)cc1OCCCCOc1ccc(-c2nn[nH]n2)cc1. The number of amides is 1. The molecule has 1 aromatic heterocycles. The van der Waals surface area contributed by atoms with Crippen molar-refractivity contribution in [3.63, 3.8) is 0 Å². The second-order valence-electron chi connectivity index (χ2n) is 11.2. The van der Waals surface area contributed by atoms with E-state index in [4.69, 9.17) is 19.3 Å². The highest BCUT2D eigenvalue weighted by atomic mass is 16.5. The van der Waals surface area contributed by atoms with Crippen LogP contribution in [-0.4, -0.2) is 63.6 Å². The first kappa shape index (κ1) is 28.6. The summed E-state index contributed by atoms with van der Waals surface area (Å²) in [6.45, 7) is 1.10. The third kappa shape index (κ3) is 6.63. The molecule has 2 heterocycles. The summed E-state index contributed by atoms with van der Waals surface area (Å²) in [5.41, 5.74) is 2.73.